The molecule has 0 saturated carbocycles. The molecule has 3 aliphatic heterocycles. The van der Waals surface area contributed by atoms with Gasteiger partial charge in [-0.15, -0.1) is 6.58 Å². The van der Waals surface area contributed by atoms with Crippen molar-refractivity contribution in [1.29, 1.82) is 0 Å². The lowest BCUT2D eigenvalue weighted by atomic mass is 9.72. The summed E-state index contributed by atoms with van der Waals surface area (Å²) >= 11 is 0. The Labute approximate surface area is 153 Å². The van der Waals surface area contributed by atoms with Crippen LogP contribution in [0.2, 0.25) is 0 Å². The van der Waals surface area contributed by atoms with Crippen molar-refractivity contribution in [1.82, 2.24) is 9.88 Å². The summed E-state index contributed by atoms with van der Waals surface area (Å²) < 4.78 is 5.38. The van der Waals surface area contributed by atoms with Crippen LogP contribution in [0.25, 0.3) is 10.9 Å². The fourth-order valence-electron chi connectivity index (χ4n) is 4.70. The fraction of sp³-hybridized carbons (Fsp3) is 0.450. The van der Waals surface area contributed by atoms with Crippen LogP contribution in [0.15, 0.2) is 43.1 Å². The first-order valence-electron chi connectivity index (χ1n) is 9.07. The molecular weight excluding hydrogens is 328 g/mol. The van der Waals surface area contributed by atoms with Gasteiger partial charge in [-0.2, -0.15) is 0 Å². The molecule has 1 aromatic heterocycles. The van der Waals surface area contributed by atoms with Crippen LogP contribution in [0.4, 0.5) is 0 Å². The first-order valence-corrected chi connectivity index (χ1v) is 9.07. The minimum atomic E-state index is -1.11. The van der Waals surface area contributed by atoms with E-state index in [1.54, 1.807) is 13.3 Å². The quantitative estimate of drug-likeness (QED) is 0.486. The van der Waals surface area contributed by atoms with Gasteiger partial charge in [0.2, 0.25) is 0 Å². The van der Waals surface area contributed by atoms with Crippen molar-refractivity contribution in [2.24, 2.45) is 23.5 Å². The van der Waals surface area contributed by atoms with E-state index in [0.717, 1.165) is 41.7 Å². The molecule has 3 aliphatic rings. The van der Waals surface area contributed by atoms with Crippen molar-refractivity contribution in [3.63, 3.8) is 0 Å². The second-order valence-electron chi connectivity index (χ2n) is 7.35. The van der Waals surface area contributed by atoms with Crippen molar-refractivity contribution < 1.29 is 9.57 Å². The SMILES string of the molecule is C=C[C@H]1CN2CC[C@H]1C[C@H]2[C@](N)(ON)c1ccnc2ccc(OC)cc12. The van der Waals surface area contributed by atoms with Crippen molar-refractivity contribution in [3.8, 4) is 5.75 Å². The minimum Gasteiger partial charge on any atom is -0.497 e. The van der Waals surface area contributed by atoms with Crippen LogP contribution in [0, 0.1) is 11.8 Å². The van der Waals surface area contributed by atoms with Crippen LogP contribution in [0.3, 0.4) is 0 Å². The van der Waals surface area contributed by atoms with E-state index in [4.69, 9.17) is 21.2 Å². The average Bonchev–Trinajstić information content (AvgIpc) is 2.72. The number of aromatic nitrogens is 1. The van der Waals surface area contributed by atoms with Crippen LogP contribution in [-0.2, 0) is 10.6 Å². The van der Waals surface area contributed by atoms with Gasteiger partial charge in [0.1, 0.15) is 5.75 Å². The summed E-state index contributed by atoms with van der Waals surface area (Å²) in [4.78, 5) is 12.4. The summed E-state index contributed by atoms with van der Waals surface area (Å²) in [5, 5.41) is 0.905. The highest BCUT2D eigenvalue weighted by Gasteiger charge is 2.50. The summed E-state index contributed by atoms with van der Waals surface area (Å²) in [6, 6.07) is 7.68. The second kappa shape index (κ2) is 6.63. The summed E-state index contributed by atoms with van der Waals surface area (Å²) in [6.07, 6.45) is 5.94. The number of benzene rings is 1. The number of ether oxygens (including phenoxy) is 1. The topological polar surface area (TPSA) is 86.6 Å². The van der Waals surface area contributed by atoms with Gasteiger partial charge in [-0.25, -0.2) is 5.90 Å². The Morgan fingerprint density at radius 2 is 2.23 bits per heavy atom. The zero-order valence-electron chi connectivity index (χ0n) is 15.1. The molecule has 4 heterocycles. The number of nitrogens with zero attached hydrogens (tertiary/aromatic N) is 2. The number of hydrogen-bond acceptors (Lipinski definition) is 6. The molecule has 26 heavy (non-hydrogen) atoms. The molecule has 138 valence electrons. The molecule has 3 saturated heterocycles. The number of rotatable bonds is 5. The monoisotopic (exact) mass is 354 g/mol. The Hall–Kier alpha value is -1.99. The van der Waals surface area contributed by atoms with Crippen molar-refractivity contribution >= 4 is 10.9 Å². The van der Waals surface area contributed by atoms with Crippen LogP contribution in [-0.4, -0.2) is 36.1 Å². The Morgan fingerprint density at radius 1 is 1.38 bits per heavy atom. The Morgan fingerprint density at radius 3 is 2.88 bits per heavy atom. The smallest absolute Gasteiger partial charge is 0.179 e. The maximum atomic E-state index is 6.84. The number of hydrogen-bond donors (Lipinski definition) is 2. The maximum absolute atomic E-state index is 6.84. The number of pyridine rings is 1. The molecule has 6 heteroatoms. The van der Waals surface area contributed by atoms with Gasteiger partial charge in [0.05, 0.1) is 18.7 Å². The van der Waals surface area contributed by atoms with E-state index >= 15 is 0 Å². The summed E-state index contributed by atoms with van der Waals surface area (Å²) in [6.45, 7) is 5.95. The normalized spacial score (nSPS) is 30.1. The molecule has 5 atom stereocenters. The number of fused-ring (bicyclic) bond motifs is 4. The van der Waals surface area contributed by atoms with E-state index < -0.39 is 5.72 Å². The Balaban J connectivity index is 1.80. The van der Waals surface area contributed by atoms with E-state index in [1.807, 2.05) is 24.3 Å². The summed E-state index contributed by atoms with van der Waals surface area (Å²) in [7, 11) is 1.65. The lowest BCUT2D eigenvalue weighted by Crippen LogP contribution is -2.65. The van der Waals surface area contributed by atoms with Crippen LogP contribution in [0.5, 0.6) is 5.75 Å². The highest BCUT2D eigenvalue weighted by atomic mass is 16.6. The van der Waals surface area contributed by atoms with Crippen LogP contribution >= 0.6 is 0 Å². The zero-order chi connectivity index (χ0) is 18.3. The zero-order valence-corrected chi connectivity index (χ0v) is 15.1. The molecule has 2 bridgehead atoms. The molecule has 0 aliphatic carbocycles. The number of methoxy groups -OCH3 is 1. The third kappa shape index (κ3) is 2.61. The molecule has 3 fully saturated rings. The highest BCUT2D eigenvalue weighted by Crippen LogP contribution is 2.44. The molecule has 4 N–H and O–H groups in total. The van der Waals surface area contributed by atoms with Crippen molar-refractivity contribution in [2.45, 2.75) is 24.6 Å². The van der Waals surface area contributed by atoms with Crippen molar-refractivity contribution in [2.75, 3.05) is 20.2 Å². The van der Waals surface area contributed by atoms with Gasteiger partial charge in [-0.05, 0) is 55.5 Å². The molecule has 0 radical (unpaired) electrons. The Bertz CT molecular complexity index is 827. The maximum Gasteiger partial charge on any atom is 0.179 e. The standard InChI is InChI=1S/C20H26N4O2/c1-3-13-12-24-9-7-14(13)10-19(24)20(21,26-22)17-6-8-23-18-5-4-15(25-2)11-16(17)18/h3-6,8,11,13-14,19H,1,7,9-10,12,21-22H2,2H3/t13-,14-,19-,20+/m0/s1. The molecule has 0 spiro atoms. The average molecular weight is 354 g/mol. The first-order chi connectivity index (χ1) is 12.6. The molecular formula is C20H26N4O2. The lowest BCUT2D eigenvalue weighted by Gasteiger charge is -2.54. The minimum absolute atomic E-state index is 0.0132. The van der Waals surface area contributed by atoms with Crippen LogP contribution in [0.1, 0.15) is 18.4 Å². The predicted molar refractivity (Wildman–Crippen MR) is 101 cm³/mol. The van der Waals surface area contributed by atoms with Crippen molar-refractivity contribution in [3.05, 3.63) is 48.7 Å². The summed E-state index contributed by atoms with van der Waals surface area (Å²) in [5.74, 6) is 7.64. The lowest BCUT2D eigenvalue weighted by molar-refractivity contribution is -0.145. The van der Waals surface area contributed by atoms with E-state index in [1.165, 1.54) is 6.42 Å². The van der Waals surface area contributed by atoms with Gasteiger partial charge < -0.3 is 4.74 Å². The van der Waals surface area contributed by atoms with Crippen LogP contribution < -0.4 is 16.4 Å². The van der Waals surface area contributed by atoms with E-state index in [2.05, 4.69) is 22.5 Å². The fourth-order valence-corrected chi connectivity index (χ4v) is 4.70. The molecule has 1 aromatic carbocycles. The van der Waals surface area contributed by atoms with E-state index in [-0.39, 0.29) is 6.04 Å². The molecule has 2 aromatic rings. The Kier molecular flexibility index (Phi) is 4.44. The molecule has 6 nitrogen and oxygen atoms in total. The third-order valence-electron chi connectivity index (χ3n) is 6.17. The summed E-state index contributed by atoms with van der Waals surface area (Å²) in [5.41, 5.74) is 7.42. The molecule has 1 unspecified atom stereocenters. The van der Waals surface area contributed by atoms with Gasteiger partial charge in [0.15, 0.2) is 5.72 Å². The van der Waals surface area contributed by atoms with Gasteiger partial charge in [0.25, 0.3) is 0 Å². The van der Waals surface area contributed by atoms with Gasteiger partial charge in [-0.3, -0.25) is 20.5 Å². The predicted octanol–water partition coefficient (Wildman–Crippen LogP) is 2.14. The molecule has 0 amide bonds. The first kappa shape index (κ1) is 17.4. The largest absolute Gasteiger partial charge is 0.497 e. The van der Waals surface area contributed by atoms with Gasteiger partial charge >= 0.3 is 0 Å². The van der Waals surface area contributed by atoms with Gasteiger partial charge in [0, 0.05) is 23.7 Å². The third-order valence-corrected chi connectivity index (χ3v) is 6.17. The van der Waals surface area contributed by atoms with E-state index in [0.29, 0.717) is 11.8 Å². The number of piperidine rings is 3. The van der Waals surface area contributed by atoms with E-state index in [9.17, 15) is 0 Å². The van der Waals surface area contributed by atoms with Gasteiger partial charge in [-0.1, -0.05) is 6.08 Å². The second-order valence-corrected chi connectivity index (χ2v) is 7.35. The molecule has 5 rings (SSSR count). The highest BCUT2D eigenvalue weighted by molar-refractivity contribution is 5.84. The number of nitrogens with two attached hydrogens (primary N) is 2.